The van der Waals surface area contributed by atoms with Gasteiger partial charge in [0.1, 0.15) is 25.5 Å². The van der Waals surface area contributed by atoms with Crippen LogP contribution in [0.2, 0.25) is 0 Å². The minimum absolute atomic E-state index is 0.135. The molecule has 1 aliphatic heterocycles. The lowest BCUT2D eigenvalue weighted by molar-refractivity contribution is -0.120. The molecule has 0 bridgehead atoms. The molecule has 0 aromatic heterocycles. The molecule has 1 aliphatic rings. The molecule has 0 radical (unpaired) electrons. The molecule has 0 aliphatic carbocycles. The van der Waals surface area contributed by atoms with Crippen molar-refractivity contribution in [3.8, 4) is 17.2 Å². The molecule has 32 heavy (non-hydrogen) atoms. The van der Waals surface area contributed by atoms with Crippen LogP contribution in [0.5, 0.6) is 17.2 Å². The van der Waals surface area contributed by atoms with Gasteiger partial charge in [-0.15, -0.1) is 0 Å². The monoisotopic (exact) mass is 462 g/mol. The molecule has 174 valence electrons. The van der Waals surface area contributed by atoms with Gasteiger partial charge < -0.3 is 19.5 Å². The fraction of sp³-hybridized carbons (Fsp3) is 0.435. The second-order valence-corrected chi connectivity index (χ2v) is 9.67. The fourth-order valence-corrected chi connectivity index (χ4v) is 4.66. The molecule has 1 heterocycles. The van der Waals surface area contributed by atoms with E-state index in [4.69, 9.17) is 14.2 Å². The third kappa shape index (κ3) is 5.27. The number of hydrogen-bond acceptors (Lipinski definition) is 6. The van der Waals surface area contributed by atoms with E-state index in [9.17, 15) is 13.2 Å². The van der Waals surface area contributed by atoms with Crippen molar-refractivity contribution in [2.24, 2.45) is 0 Å². The maximum absolute atomic E-state index is 12.9. The molecule has 2 aromatic rings. The van der Waals surface area contributed by atoms with Gasteiger partial charge in [0, 0.05) is 6.07 Å². The Morgan fingerprint density at radius 3 is 2.47 bits per heavy atom. The van der Waals surface area contributed by atoms with Crippen LogP contribution in [0, 0.1) is 6.92 Å². The highest BCUT2D eigenvalue weighted by atomic mass is 32.2. The van der Waals surface area contributed by atoms with Crippen LogP contribution in [0.25, 0.3) is 0 Å². The summed E-state index contributed by atoms with van der Waals surface area (Å²) < 4.78 is 43.1. The number of benzene rings is 2. The Morgan fingerprint density at radius 2 is 1.84 bits per heavy atom. The van der Waals surface area contributed by atoms with Crippen LogP contribution in [-0.2, 0) is 14.8 Å². The van der Waals surface area contributed by atoms with Crippen molar-refractivity contribution in [1.82, 2.24) is 5.32 Å². The Labute approximate surface area is 189 Å². The SMILES string of the molecule is CCC(NC(=O)CN(c1ccc2c(c1)OCCO2)S(=O)(=O)CC)c1ccc(OC)c(C)c1. The van der Waals surface area contributed by atoms with Crippen LogP contribution in [0.1, 0.15) is 37.4 Å². The molecule has 0 saturated heterocycles. The predicted molar refractivity (Wildman–Crippen MR) is 123 cm³/mol. The zero-order valence-electron chi connectivity index (χ0n) is 18.9. The molecular weight excluding hydrogens is 432 g/mol. The minimum atomic E-state index is -3.70. The number of methoxy groups -OCH3 is 1. The third-order valence-electron chi connectivity index (χ3n) is 5.37. The normalized spacial score (nSPS) is 13.9. The number of rotatable bonds is 9. The number of amides is 1. The van der Waals surface area contributed by atoms with Crippen molar-refractivity contribution < 1.29 is 27.4 Å². The maximum atomic E-state index is 12.9. The number of fused-ring (bicyclic) bond motifs is 1. The van der Waals surface area contributed by atoms with E-state index in [1.165, 1.54) is 0 Å². The van der Waals surface area contributed by atoms with E-state index < -0.39 is 15.9 Å². The molecule has 1 amide bonds. The summed E-state index contributed by atoms with van der Waals surface area (Å²) in [6.07, 6.45) is 0.655. The Morgan fingerprint density at radius 1 is 1.12 bits per heavy atom. The number of carbonyl (C=O) groups is 1. The summed E-state index contributed by atoms with van der Waals surface area (Å²) in [4.78, 5) is 12.9. The summed E-state index contributed by atoms with van der Waals surface area (Å²) in [5.74, 6) is 1.26. The van der Waals surface area contributed by atoms with Crippen molar-refractivity contribution in [3.63, 3.8) is 0 Å². The zero-order valence-corrected chi connectivity index (χ0v) is 19.7. The second-order valence-electron chi connectivity index (χ2n) is 7.49. The second kappa shape index (κ2) is 10.1. The van der Waals surface area contributed by atoms with Gasteiger partial charge in [-0.05, 0) is 49.6 Å². The highest BCUT2D eigenvalue weighted by Gasteiger charge is 2.26. The fourth-order valence-electron chi connectivity index (χ4n) is 3.60. The number of carbonyl (C=O) groups excluding carboxylic acids is 1. The van der Waals surface area contributed by atoms with Crippen molar-refractivity contribution in [2.45, 2.75) is 33.2 Å². The average Bonchev–Trinajstić information content (AvgIpc) is 2.80. The zero-order chi connectivity index (χ0) is 23.3. The number of hydrogen-bond donors (Lipinski definition) is 1. The smallest absolute Gasteiger partial charge is 0.241 e. The van der Waals surface area contributed by atoms with Crippen molar-refractivity contribution in [2.75, 3.05) is 36.9 Å². The van der Waals surface area contributed by atoms with E-state index in [2.05, 4.69) is 5.32 Å². The first-order valence-electron chi connectivity index (χ1n) is 10.6. The molecule has 9 heteroatoms. The number of aryl methyl sites for hydroxylation is 1. The van der Waals surface area contributed by atoms with Crippen molar-refractivity contribution in [3.05, 3.63) is 47.5 Å². The lowest BCUT2D eigenvalue weighted by Gasteiger charge is -2.27. The van der Waals surface area contributed by atoms with E-state index in [1.807, 2.05) is 32.0 Å². The largest absolute Gasteiger partial charge is 0.496 e. The Balaban J connectivity index is 1.81. The minimum Gasteiger partial charge on any atom is -0.496 e. The summed E-state index contributed by atoms with van der Waals surface area (Å²) in [5, 5.41) is 2.96. The molecule has 1 unspecified atom stereocenters. The highest BCUT2D eigenvalue weighted by molar-refractivity contribution is 7.92. The molecule has 8 nitrogen and oxygen atoms in total. The van der Waals surface area contributed by atoms with Crippen LogP contribution in [-0.4, -0.2) is 46.9 Å². The predicted octanol–water partition coefficient (Wildman–Crippen LogP) is 3.20. The van der Waals surface area contributed by atoms with Crippen molar-refractivity contribution in [1.29, 1.82) is 0 Å². The summed E-state index contributed by atoms with van der Waals surface area (Å²) in [6.45, 7) is 5.95. The van der Waals surface area contributed by atoms with E-state index >= 15 is 0 Å². The van der Waals surface area contributed by atoms with Gasteiger partial charge in [0.05, 0.1) is 24.6 Å². The lowest BCUT2D eigenvalue weighted by atomic mass is 10.0. The summed E-state index contributed by atoms with van der Waals surface area (Å²) in [7, 11) is -2.09. The number of sulfonamides is 1. The molecule has 2 aromatic carbocycles. The van der Waals surface area contributed by atoms with Gasteiger partial charge in [-0.25, -0.2) is 8.42 Å². The van der Waals surface area contributed by atoms with Gasteiger partial charge in [-0.3, -0.25) is 9.10 Å². The van der Waals surface area contributed by atoms with Gasteiger partial charge in [-0.1, -0.05) is 19.1 Å². The molecular formula is C23H30N2O6S. The Hall–Kier alpha value is -2.94. The highest BCUT2D eigenvalue weighted by Crippen LogP contribution is 2.35. The molecule has 0 saturated carbocycles. The molecule has 0 spiro atoms. The van der Waals surface area contributed by atoms with E-state index in [-0.39, 0.29) is 18.3 Å². The van der Waals surface area contributed by atoms with Crippen LogP contribution in [0.3, 0.4) is 0 Å². The van der Waals surface area contributed by atoms with E-state index in [0.29, 0.717) is 36.8 Å². The summed E-state index contributed by atoms with van der Waals surface area (Å²) >= 11 is 0. The van der Waals surface area contributed by atoms with Gasteiger partial charge in [0.25, 0.3) is 0 Å². The van der Waals surface area contributed by atoms with Crippen LogP contribution >= 0.6 is 0 Å². The van der Waals surface area contributed by atoms with Gasteiger partial charge >= 0.3 is 0 Å². The summed E-state index contributed by atoms with van der Waals surface area (Å²) in [6, 6.07) is 10.4. The Kier molecular flexibility index (Phi) is 7.50. The standard InChI is InChI=1S/C23H30N2O6S/c1-5-19(17-7-9-20(29-4)16(3)13-17)24-23(26)15-25(32(27,28)6-2)18-8-10-21-22(14-18)31-12-11-30-21/h7-10,13-14,19H,5-6,11-12,15H2,1-4H3,(H,24,26). The first-order valence-corrected chi connectivity index (χ1v) is 12.2. The topological polar surface area (TPSA) is 94.2 Å². The lowest BCUT2D eigenvalue weighted by Crippen LogP contribution is -2.42. The molecule has 1 N–H and O–H groups in total. The van der Waals surface area contributed by atoms with E-state index in [0.717, 1.165) is 21.2 Å². The van der Waals surface area contributed by atoms with Gasteiger partial charge in [0.15, 0.2) is 11.5 Å². The first kappa shape index (κ1) is 23.7. The van der Waals surface area contributed by atoms with Gasteiger partial charge in [-0.2, -0.15) is 0 Å². The third-order valence-corrected chi connectivity index (χ3v) is 7.11. The van der Waals surface area contributed by atoms with Crippen LogP contribution in [0.15, 0.2) is 36.4 Å². The molecule has 1 atom stereocenters. The van der Waals surface area contributed by atoms with Crippen LogP contribution in [0.4, 0.5) is 5.69 Å². The number of anilines is 1. The van der Waals surface area contributed by atoms with Gasteiger partial charge in [0.2, 0.25) is 15.9 Å². The molecule has 0 fully saturated rings. The van der Waals surface area contributed by atoms with Crippen LogP contribution < -0.4 is 23.8 Å². The number of nitrogens with one attached hydrogen (secondary N) is 1. The van der Waals surface area contributed by atoms with E-state index in [1.54, 1.807) is 32.2 Å². The van der Waals surface area contributed by atoms with Crippen molar-refractivity contribution >= 4 is 21.6 Å². The first-order chi connectivity index (χ1) is 15.3. The number of nitrogens with zero attached hydrogens (tertiary/aromatic N) is 1. The Bertz CT molecular complexity index is 1070. The quantitative estimate of drug-likeness (QED) is 0.615. The number of ether oxygens (including phenoxy) is 3. The summed E-state index contributed by atoms with van der Waals surface area (Å²) in [5.41, 5.74) is 2.26. The average molecular weight is 463 g/mol. The maximum Gasteiger partial charge on any atom is 0.241 e. The molecule has 3 rings (SSSR count).